The van der Waals surface area contributed by atoms with Gasteiger partial charge in [0.15, 0.2) is 0 Å². The molecule has 1 unspecified atom stereocenters. The summed E-state index contributed by atoms with van der Waals surface area (Å²) in [5, 5.41) is 0. The van der Waals surface area contributed by atoms with Crippen LogP contribution in [0.5, 0.6) is 0 Å². The van der Waals surface area contributed by atoms with Crippen LogP contribution in [0.3, 0.4) is 0 Å². The Morgan fingerprint density at radius 1 is 1.26 bits per heavy atom. The largest absolute Gasteiger partial charge is 0.342 e. The number of hydrogen-bond acceptors (Lipinski definition) is 2. The van der Waals surface area contributed by atoms with Crippen LogP contribution >= 0.6 is 0 Å². The van der Waals surface area contributed by atoms with Crippen LogP contribution in [0, 0.1) is 17.3 Å². The minimum Gasteiger partial charge on any atom is -0.342 e. The molecule has 1 saturated carbocycles. The first kappa shape index (κ1) is 14.8. The molecule has 1 heterocycles. The Morgan fingerprint density at radius 2 is 1.89 bits per heavy atom. The fourth-order valence-electron chi connectivity index (χ4n) is 3.76. The molecule has 1 amide bonds. The van der Waals surface area contributed by atoms with Gasteiger partial charge in [0.2, 0.25) is 5.91 Å². The van der Waals surface area contributed by atoms with Gasteiger partial charge in [-0.1, -0.05) is 39.5 Å². The van der Waals surface area contributed by atoms with Crippen LogP contribution in [0.2, 0.25) is 0 Å². The molecule has 19 heavy (non-hydrogen) atoms. The van der Waals surface area contributed by atoms with Gasteiger partial charge < -0.3 is 10.6 Å². The van der Waals surface area contributed by atoms with E-state index >= 15 is 0 Å². The first-order valence-electron chi connectivity index (χ1n) is 8.08. The summed E-state index contributed by atoms with van der Waals surface area (Å²) < 4.78 is 0. The number of carbonyl (C=O) groups excluding carboxylic acids is 1. The fourth-order valence-corrected chi connectivity index (χ4v) is 3.76. The van der Waals surface area contributed by atoms with Crippen molar-refractivity contribution in [3.63, 3.8) is 0 Å². The number of carbonyl (C=O) groups is 1. The molecule has 2 N–H and O–H groups in total. The second-order valence-corrected chi connectivity index (χ2v) is 6.94. The zero-order chi connectivity index (χ0) is 13.9. The van der Waals surface area contributed by atoms with Crippen LogP contribution in [0.25, 0.3) is 0 Å². The lowest BCUT2D eigenvalue weighted by Gasteiger charge is -2.34. The molecule has 0 aromatic carbocycles. The van der Waals surface area contributed by atoms with E-state index in [9.17, 15) is 4.79 Å². The lowest BCUT2D eigenvalue weighted by atomic mass is 9.79. The van der Waals surface area contributed by atoms with E-state index < -0.39 is 0 Å². The highest BCUT2D eigenvalue weighted by Gasteiger charge is 2.42. The summed E-state index contributed by atoms with van der Waals surface area (Å²) in [6.07, 6.45) is 8.06. The molecule has 1 saturated heterocycles. The SMILES string of the molecule is CC(C)C1CCN(C(=O)C2(CN)CCCCCC2)C1. The highest BCUT2D eigenvalue weighted by atomic mass is 16.2. The summed E-state index contributed by atoms with van der Waals surface area (Å²) in [5.74, 6) is 1.73. The Labute approximate surface area is 117 Å². The van der Waals surface area contributed by atoms with E-state index in [1.54, 1.807) is 0 Å². The maximum Gasteiger partial charge on any atom is 0.230 e. The van der Waals surface area contributed by atoms with Gasteiger partial charge >= 0.3 is 0 Å². The molecule has 110 valence electrons. The molecule has 2 aliphatic rings. The fraction of sp³-hybridized carbons (Fsp3) is 0.938. The Hall–Kier alpha value is -0.570. The van der Waals surface area contributed by atoms with Crippen LogP contribution in [-0.4, -0.2) is 30.4 Å². The standard InChI is InChI=1S/C16H30N2O/c1-13(2)14-7-10-18(11-14)15(19)16(12-17)8-5-3-4-6-9-16/h13-14H,3-12,17H2,1-2H3. The number of nitrogens with two attached hydrogens (primary N) is 1. The van der Waals surface area contributed by atoms with Crippen molar-refractivity contribution in [3.05, 3.63) is 0 Å². The molecule has 0 spiro atoms. The summed E-state index contributed by atoms with van der Waals surface area (Å²) in [6, 6.07) is 0. The third-order valence-electron chi connectivity index (χ3n) is 5.36. The Balaban J connectivity index is 2.04. The van der Waals surface area contributed by atoms with Gasteiger partial charge in [-0.15, -0.1) is 0 Å². The molecule has 1 atom stereocenters. The van der Waals surface area contributed by atoms with Gasteiger partial charge in [0.1, 0.15) is 0 Å². The van der Waals surface area contributed by atoms with E-state index in [0.29, 0.717) is 24.3 Å². The molecule has 1 aliphatic heterocycles. The summed E-state index contributed by atoms with van der Waals surface area (Å²) in [7, 11) is 0. The van der Waals surface area contributed by atoms with E-state index in [4.69, 9.17) is 5.73 Å². The third-order valence-corrected chi connectivity index (χ3v) is 5.36. The molecule has 0 radical (unpaired) electrons. The second kappa shape index (κ2) is 6.25. The first-order valence-corrected chi connectivity index (χ1v) is 8.08. The van der Waals surface area contributed by atoms with Crippen molar-refractivity contribution in [1.29, 1.82) is 0 Å². The van der Waals surface area contributed by atoms with Crippen molar-refractivity contribution >= 4 is 5.91 Å². The minimum atomic E-state index is -0.234. The van der Waals surface area contributed by atoms with Crippen LogP contribution in [0.1, 0.15) is 58.8 Å². The molecule has 2 rings (SSSR count). The van der Waals surface area contributed by atoms with Gasteiger partial charge in [-0.05, 0) is 31.1 Å². The van der Waals surface area contributed by atoms with Crippen LogP contribution in [0.4, 0.5) is 0 Å². The number of amides is 1. The van der Waals surface area contributed by atoms with E-state index in [0.717, 1.165) is 25.9 Å². The van der Waals surface area contributed by atoms with Gasteiger partial charge in [0.05, 0.1) is 5.41 Å². The van der Waals surface area contributed by atoms with Gasteiger partial charge in [-0.3, -0.25) is 4.79 Å². The van der Waals surface area contributed by atoms with E-state index in [1.165, 1.54) is 32.1 Å². The van der Waals surface area contributed by atoms with Crippen molar-refractivity contribution in [1.82, 2.24) is 4.90 Å². The van der Waals surface area contributed by atoms with Crippen LogP contribution in [0.15, 0.2) is 0 Å². The molecule has 3 nitrogen and oxygen atoms in total. The molecule has 3 heteroatoms. The van der Waals surface area contributed by atoms with Gasteiger partial charge in [0, 0.05) is 19.6 Å². The van der Waals surface area contributed by atoms with Crippen LogP contribution < -0.4 is 5.73 Å². The quantitative estimate of drug-likeness (QED) is 0.798. The lowest BCUT2D eigenvalue weighted by Crippen LogP contribution is -2.47. The molecular weight excluding hydrogens is 236 g/mol. The van der Waals surface area contributed by atoms with Gasteiger partial charge in [-0.25, -0.2) is 0 Å². The zero-order valence-corrected chi connectivity index (χ0v) is 12.7. The van der Waals surface area contributed by atoms with Crippen molar-refractivity contribution in [2.75, 3.05) is 19.6 Å². The number of nitrogens with zero attached hydrogens (tertiary/aromatic N) is 1. The lowest BCUT2D eigenvalue weighted by molar-refractivity contribution is -0.141. The summed E-state index contributed by atoms with van der Waals surface area (Å²) in [4.78, 5) is 15.0. The van der Waals surface area contributed by atoms with Crippen molar-refractivity contribution in [2.24, 2.45) is 23.0 Å². The molecule has 2 fully saturated rings. The maximum absolute atomic E-state index is 12.9. The van der Waals surface area contributed by atoms with Crippen molar-refractivity contribution < 1.29 is 4.79 Å². The van der Waals surface area contributed by atoms with E-state index in [-0.39, 0.29) is 5.41 Å². The highest BCUT2D eigenvalue weighted by molar-refractivity contribution is 5.83. The number of rotatable bonds is 3. The van der Waals surface area contributed by atoms with Crippen LogP contribution in [-0.2, 0) is 4.79 Å². The third kappa shape index (κ3) is 3.13. The number of likely N-dealkylation sites (tertiary alicyclic amines) is 1. The molecule has 0 aromatic rings. The minimum absolute atomic E-state index is 0.234. The predicted octanol–water partition coefficient (Wildman–Crippen LogP) is 2.79. The zero-order valence-electron chi connectivity index (χ0n) is 12.7. The smallest absolute Gasteiger partial charge is 0.230 e. The maximum atomic E-state index is 12.9. The van der Waals surface area contributed by atoms with E-state index in [1.807, 2.05) is 0 Å². The molecule has 1 aliphatic carbocycles. The summed E-state index contributed by atoms with van der Waals surface area (Å²) in [5.41, 5.74) is 5.79. The van der Waals surface area contributed by atoms with Gasteiger partial charge in [-0.2, -0.15) is 0 Å². The highest BCUT2D eigenvalue weighted by Crippen LogP contribution is 2.37. The first-order chi connectivity index (χ1) is 9.09. The molecule has 0 aromatic heterocycles. The number of hydrogen-bond donors (Lipinski definition) is 1. The molecular formula is C16H30N2O. The Morgan fingerprint density at radius 3 is 2.37 bits per heavy atom. The Kier molecular flexibility index (Phi) is 4.88. The topological polar surface area (TPSA) is 46.3 Å². The normalized spacial score (nSPS) is 27.6. The average Bonchev–Trinajstić information content (AvgIpc) is 2.77. The Bertz CT molecular complexity index is 306. The van der Waals surface area contributed by atoms with Crippen molar-refractivity contribution in [3.8, 4) is 0 Å². The second-order valence-electron chi connectivity index (χ2n) is 6.94. The van der Waals surface area contributed by atoms with E-state index in [2.05, 4.69) is 18.7 Å². The average molecular weight is 266 g/mol. The van der Waals surface area contributed by atoms with Crippen molar-refractivity contribution in [2.45, 2.75) is 58.8 Å². The predicted molar refractivity (Wildman–Crippen MR) is 78.7 cm³/mol. The molecule has 0 bridgehead atoms. The summed E-state index contributed by atoms with van der Waals surface area (Å²) >= 11 is 0. The van der Waals surface area contributed by atoms with Gasteiger partial charge in [0.25, 0.3) is 0 Å². The monoisotopic (exact) mass is 266 g/mol. The summed E-state index contributed by atoms with van der Waals surface area (Å²) in [6.45, 7) is 6.97.